The highest BCUT2D eigenvalue weighted by atomic mass is 19.2. The van der Waals surface area contributed by atoms with Gasteiger partial charge < -0.3 is 9.84 Å². The van der Waals surface area contributed by atoms with Crippen molar-refractivity contribution in [2.24, 2.45) is 0 Å². The molecule has 0 unspecified atom stereocenters. The number of halogens is 2. The fraction of sp³-hybridized carbons (Fsp3) is 0.857. The average molecular weight is 180 g/mol. The second-order valence-corrected chi connectivity index (χ2v) is 2.84. The van der Waals surface area contributed by atoms with Crippen molar-refractivity contribution >= 4 is 5.97 Å². The molecule has 0 aliphatic heterocycles. The Hall–Kier alpha value is -0.710. The van der Waals surface area contributed by atoms with E-state index in [1.807, 2.05) is 0 Å². The van der Waals surface area contributed by atoms with Crippen LogP contribution in [-0.2, 0) is 9.53 Å². The highest BCUT2D eigenvalue weighted by Crippen LogP contribution is 2.28. The van der Waals surface area contributed by atoms with Gasteiger partial charge in [0.1, 0.15) is 6.10 Å². The summed E-state index contributed by atoms with van der Waals surface area (Å²) in [4.78, 5) is 10.4. The molecule has 70 valence electrons. The molecule has 0 amide bonds. The van der Waals surface area contributed by atoms with Gasteiger partial charge in [-0.25, -0.2) is 8.78 Å². The molecule has 5 heteroatoms. The van der Waals surface area contributed by atoms with E-state index in [0.717, 1.165) is 6.92 Å². The van der Waals surface area contributed by atoms with Crippen molar-refractivity contribution in [3.63, 3.8) is 0 Å². The van der Waals surface area contributed by atoms with Gasteiger partial charge >= 0.3 is 5.97 Å². The zero-order chi connectivity index (χ0) is 9.30. The van der Waals surface area contributed by atoms with Gasteiger partial charge in [-0.15, -0.1) is 0 Å². The number of aliphatic hydroxyl groups excluding tert-OH is 1. The van der Waals surface area contributed by atoms with Crippen LogP contribution in [0.1, 0.15) is 13.3 Å². The first-order valence-electron chi connectivity index (χ1n) is 3.66. The minimum absolute atomic E-state index is 0.165. The van der Waals surface area contributed by atoms with Gasteiger partial charge in [0.25, 0.3) is 0 Å². The molecule has 1 aliphatic carbocycles. The number of rotatable bonds is 1. The SMILES string of the molecule is CC(=O)O[C@H]1C[C@@H](O)[C@H](F)[C@@H]1F. The number of ether oxygens (including phenoxy) is 1. The molecule has 0 aromatic heterocycles. The summed E-state index contributed by atoms with van der Waals surface area (Å²) in [6, 6.07) is 0. The highest BCUT2D eigenvalue weighted by molar-refractivity contribution is 5.66. The molecule has 0 aromatic carbocycles. The molecule has 1 aliphatic rings. The lowest BCUT2D eigenvalue weighted by Crippen LogP contribution is -2.27. The lowest BCUT2D eigenvalue weighted by molar-refractivity contribution is -0.149. The van der Waals surface area contributed by atoms with Gasteiger partial charge in [-0.2, -0.15) is 0 Å². The maximum Gasteiger partial charge on any atom is 0.303 e. The van der Waals surface area contributed by atoms with Crippen LogP contribution in [0.2, 0.25) is 0 Å². The molecule has 0 bridgehead atoms. The first-order chi connectivity index (χ1) is 5.52. The van der Waals surface area contributed by atoms with E-state index in [-0.39, 0.29) is 6.42 Å². The Morgan fingerprint density at radius 1 is 1.50 bits per heavy atom. The summed E-state index contributed by atoms with van der Waals surface area (Å²) in [5.41, 5.74) is 0. The first kappa shape index (κ1) is 9.38. The van der Waals surface area contributed by atoms with Crippen LogP contribution in [0.15, 0.2) is 0 Å². The van der Waals surface area contributed by atoms with Gasteiger partial charge in [-0.1, -0.05) is 0 Å². The van der Waals surface area contributed by atoms with Crippen LogP contribution < -0.4 is 0 Å². The number of alkyl halides is 2. The van der Waals surface area contributed by atoms with Gasteiger partial charge in [0.15, 0.2) is 12.3 Å². The van der Waals surface area contributed by atoms with E-state index in [4.69, 9.17) is 5.11 Å². The standard InChI is InChI=1S/C7H10F2O3/c1-3(10)12-5-2-4(11)6(8)7(5)9/h4-7,11H,2H2,1H3/t4-,5+,6+,7-/m1/s1. The molecule has 12 heavy (non-hydrogen) atoms. The Labute approximate surface area is 68.3 Å². The van der Waals surface area contributed by atoms with Gasteiger partial charge in [0, 0.05) is 13.3 Å². The normalized spacial score (nSPS) is 41.3. The van der Waals surface area contributed by atoms with Gasteiger partial charge in [-0.3, -0.25) is 4.79 Å². The second-order valence-electron chi connectivity index (χ2n) is 2.84. The molecule has 1 N–H and O–H groups in total. The largest absolute Gasteiger partial charge is 0.459 e. The number of carbonyl (C=O) groups is 1. The van der Waals surface area contributed by atoms with E-state index < -0.39 is 30.5 Å². The fourth-order valence-corrected chi connectivity index (χ4v) is 1.24. The number of aliphatic hydroxyl groups is 1. The molecule has 0 heterocycles. The van der Waals surface area contributed by atoms with E-state index in [1.54, 1.807) is 0 Å². The van der Waals surface area contributed by atoms with E-state index in [2.05, 4.69) is 4.74 Å². The van der Waals surface area contributed by atoms with Crippen molar-refractivity contribution in [3.05, 3.63) is 0 Å². The highest BCUT2D eigenvalue weighted by Gasteiger charge is 2.45. The maximum atomic E-state index is 12.8. The van der Waals surface area contributed by atoms with E-state index >= 15 is 0 Å². The molecule has 3 nitrogen and oxygen atoms in total. The Balaban J connectivity index is 2.52. The van der Waals surface area contributed by atoms with Crippen LogP contribution in [0.3, 0.4) is 0 Å². The van der Waals surface area contributed by atoms with Crippen LogP contribution in [0.25, 0.3) is 0 Å². The third-order valence-corrected chi connectivity index (χ3v) is 1.82. The maximum absolute atomic E-state index is 12.8. The summed E-state index contributed by atoms with van der Waals surface area (Å²) >= 11 is 0. The molecule has 1 saturated carbocycles. The van der Waals surface area contributed by atoms with Gasteiger partial charge in [0.05, 0.1) is 6.10 Å². The van der Waals surface area contributed by atoms with Crippen molar-refractivity contribution in [1.82, 2.24) is 0 Å². The molecular formula is C7H10F2O3. The zero-order valence-electron chi connectivity index (χ0n) is 6.54. The molecule has 0 saturated heterocycles. The van der Waals surface area contributed by atoms with Crippen molar-refractivity contribution < 1.29 is 23.4 Å². The van der Waals surface area contributed by atoms with Crippen LogP contribution in [0, 0.1) is 0 Å². The van der Waals surface area contributed by atoms with Crippen molar-refractivity contribution in [1.29, 1.82) is 0 Å². The Bertz CT molecular complexity index is 185. The Morgan fingerprint density at radius 3 is 2.42 bits per heavy atom. The fourth-order valence-electron chi connectivity index (χ4n) is 1.24. The van der Waals surface area contributed by atoms with Crippen molar-refractivity contribution in [3.8, 4) is 0 Å². The van der Waals surface area contributed by atoms with Crippen LogP contribution in [0.5, 0.6) is 0 Å². The lowest BCUT2D eigenvalue weighted by Gasteiger charge is -2.12. The molecular weight excluding hydrogens is 170 g/mol. The molecule has 0 radical (unpaired) electrons. The summed E-state index contributed by atoms with van der Waals surface area (Å²) in [6.45, 7) is 1.12. The van der Waals surface area contributed by atoms with Crippen molar-refractivity contribution in [2.75, 3.05) is 0 Å². The molecule has 1 rings (SSSR count). The topological polar surface area (TPSA) is 46.5 Å². The first-order valence-corrected chi connectivity index (χ1v) is 3.66. The Morgan fingerprint density at radius 2 is 2.08 bits per heavy atom. The van der Waals surface area contributed by atoms with Gasteiger partial charge in [0.2, 0.25) is 0 Å². The quantitative estimate of drug-likeness (QED) is 0.592. The number of esters is 1. The summed E-state index contributed by atoms with van der Waals surface area (Å²) in [6.07, 6.45) is -6.49. The number of carbonyl (C=O) groups excluding carboxylic acids is 1. The van der Waals surface area contributed by atoms with E-state index in [0.29, 0.717) is 0 Å². The van der Waals surface area contributed by atoms with Crippen LogP contribution >= 0.6 is 0 Å². The minimum Gasteiger partial charge on any atom is -0.459 e. The van der Waals surface area contributed by atoms with Crippen LogP contribution in [0.4, 0.5) is 8.78 Å². The molecule has 1 fully saturated rings. The van der Waals surface area contributed by atoms with Crippen LogP contribution in [-0.4, -0.2) is 35.6 Å². The number of hydrogen-bond acceptors (Lipinski definition) is 3. The predicted octanol–water partition coefficient (Wildman–Crippen LogP) is 0.359. The smallest absolute Gasteiger partial charge is 0.303 e. The zero-order valence-corrected chi connectivity index (χ0v) is 6.54. The summed E-state index contributed by atoms with van der Waals surface area (Å²) < 4.78 is 29.8. The second kappa shape index (κ2) is 3.35. The van der Waals surface area contributed by atoms with Crippen molar-refractivity contribution in [2.45, 2.75) is 37.9 Å². The molecule has 0 spiro atoms. The number of hydrogen-bond donors (Lipinski definition) is 1. The predicted molar refractivity (Wildman–Crippen MR) is 36.0 cm³/mol. The lowest BCUT2D eigenvalue weighted by atomic mass is 10.3. The monoisotopic (exact) mass is 180 g/mol. The van der Waals surface area contributed by atoms with E-state index in [1.165, 1.54) is 0 Å². The third kappa shape index (κ3) is 1.72. The summed E-state index contributed by atoms with van der Waals surface area (Å²) in [5.74, 6) is -0.663. The Kier molecular flexibility index (Phi) is 2.62. The third-order valence-electron chi connectivity index (χ3n) is 1.82. The average Bonchev–Trinajstić information content (AvgIpc) is 2.17. The minimum atomic E-state index is -1.94. The summed E-state index contributed by atoms with van der Waals surface area (Å²) in [5, 5.41) is 8.85. The molecule has 0 aromatic rings. The van der Waals surface area contributed by atoms with E-state index in [9.17, 15) is 13.6 Å². The molecule has 4 atom stereocenters. The summed E-state index contributed by atoms with van der Waals surface area (Å²) in [7, 11) is 0. The van der Waals surface area contributed by atoms with Gasteiger partial charge in [-0.05, 0) is 0 Å².